The number of imidazole rings is 1. The van der Waals surface area contributed by atoms with Crippen LogP contribution in [0.25, 0.3) is 4.96 Å². The molecule has 1 N–H and O–H groups in total. The van der Waals surface area contributed by atoms with E-state index in [1.807, 2.05) is 7.05 Å². The Balaban J connectivity index is 2.10. The van der Waals surface area contributed by atoms with Crippen molar-refractivity contribution in [3.05, 3.63) is 23.5 Å². The van der Waals surface area contributed by atoms with E-state index in [-0.39, 0.29) is 0 Å². The van der Waals surface area contributed by atoms with Crippen molar-refractivity contribution in [2.24, 2.45) is 11.8 Å². The number of likely N-dealkylation sites (N-methyl/N-ethyl adjacent to an activating group) is 1. The molecule has 0 spiro atoms. The van der Waals surface area contributed by atoms with E-state index in [1.54, 1.807) is 11.3 Å². The highest BCUT2D eigenvalue weighted by molar-refractivity contribution is 7.15. The van der Waals surface area contributed by atoms with Crippen LogP contribution in [0, 0.1) is 11.8 Å². The molecule has 17 heavy (non-hydrogen) atoms. The molecule has 0 aromatic carbocycles. The van der Waals surface area contributed by atoms with Gasteiger partial charge in [-0.25, -0.2) is 4.98 Å². The maximum absolute atomic E-state index is 4.64. The van der Waals surface area contributed by atoms with Crippen LogP contribution in [0.5, 0.6) is 0 Å². The molecule has 0 saturated carbocycles. The first kappa shape index (κ1) is 12.6. The first-order valence-corrected chi connectivity index (χ1v) is 7.08. The Morgan fingerprint density at radius 1 is 1.41 bits per heavy atom. The van der Waals surface area contributed by atoms with Crippen LogP contribution >= 0.6 is 11.3 Å². The second-order valence-electron chi connectivity index (χ2n) is 5.03. The van der Waals surface area contributed by atoms with Crippen molar-refractivity contribution in [2.75, 3.05) is 7.05 Å². The number of nitrogens with zero attached hydrogens (tertiary/aromatic N) is 2. The van der Waals surface area contributed by atoms with Gasteiger partial charge in [-0.3, -0.25) is 4.40 Å². The number of hydrogen-bond donors (Lipinski definition) is 1. The highest BCUT2D eigenvalue weighted by Crippen LogP contribution is 2.19. The van der Waals surface area contributed by atoms with Crippen molar-refractivity contribution >= 4 is 16.3 Å². The van der Waals surface area contributed by atoms with E-state index < -0.39 is 0 Å². The van der Waals surface area contributed by atoms with Crippen LogP contribution in [0.2, 0.25) is 0 Å². The summed E-state index contributed by atoms with van der Waals surface area (Å²) in [6, 6.07) is 0.500. The first-order chi connectivity index (χ1) is 8.11. The number of aromatic nitrogens is 2. The van der Waals surface area contributed by atoms with E-state index in [9.17, 15) is 0 Å². The Labute approximate surface area is 107 Å². The molecule has 2 rings (SSSR count). The molecule has 0 bridgehead atoms. The molecule has 0 aliphatic carbocycles. The van der Waals surface area contributed by atoms with Crippen LogP contribution in [0.3, 0.4) is 0 Å². The van der Waals surface area contributed by atoms with Crippen LogP contribution in [-0.4, -0.2) is 22.5 Å². The van der Waals surface area contributed by atoms with Gasteiger partial charge < -0.3 is 5.32 Å². The predicted molar refractivity (Wildman–Crippen MR) is 73.6 cm³/mol. The summed E-state index contributed by atoms with van der Waals surface area (Å²) in [5.74, 6) is 1.34. The quantitative estimate of drug-likeness (QED) is 0.885. The van der Waals surface area contributed by atoms with E-state index in [0.717, 1.165) is 11.4 Å². The van der Waals surface area contributed by atoms with Gasteiger partial charge in [0.25, 0.3) is 0 Å². The van der Waals surface area contributed by atoms with E-state index >= 15 is 0 Å². The molecule has 2 unspecified atom stereocenters. The van der Waals surface area contributed by atoms with Crippen LogP contribution < -0.4 is 5.32 Å². The lowest BCUT2D eigenvalue weighted by Gasteiger charge is -2.26. The molecule has 2 aromatic heterocycles. The molecule has 3 nitrogen and oxygen atoms in total. The van der Waals surface area contributed by atoms with Gasteiger partial charge in [0.05, 0.1) is 5.69 Å². The van der Waals surface area contributed by atoms with Crippen molar-refractivity contribution in [1.82, 2.24) is 14.7 Å². The number of hydrogen-bond acceptors (Lipinski definition) is 3. The molecule has 4 heteroatoms. The Hall–Kier alpha value is -0.870. The van der Waals surface area contributed by atoms with Crippen molar-refractivity contribution in [2.45, 2.75) is 33.2 Å². The lowest BCUT2D eigenvalue weighted by molar-refractivity contribution is 0.308. The fraction of sp³-hybridized carbons (Fsp3) is 0.615. The Bertz CT molecular complexity index is 443. The highest BCUT2D eigenvalue weighted by Gasteiger charge is 2.20. The molecule has 0 saturated heterocycles. The zero-order chi connectivity index (χ0) is 12.4. The fourth-order valence-corrected chi connectivity index (χ4v) is 2.83. The summed E-state index contributed by atoms with van der Waals surface area (Å²) in [6.07, 6.45) is 5.21. The van der Waals surface area contributed by atoms with E-state index in [0.29, 0.717) is 17.9 Å². The second kappa shape index (κ2) is 5.19. The van der Waals surface area contributed by atoms with Crippen molar-refractivity contribution in [3.8, 4) is 0 Å². The summed E-state index contributed by atoms with van der Waals surface area (Å²) in [5.41, 5.74) is 1.18. The molecule has 2 aromatic rings. The maximum Gasteiger partial charge on any atom is 0.193 e. The number of thiazole rings is 1. The standard InChI is InChI=1S/C13H21N3S/c1-9(2)10(3)12(14-4)7-11-8-16-5-6-17-13(16)15-11/h5-6,8-10,12,14H,7H2,1-4H3. The average molecular weight is 251 g/mol. The minimum Gasteiger partial charge on any atom is -0.316 e. The smallest absolute Gasteiger partial charge is 0.193 e. The van der Waals surface area contributed by atoms with Gasteiger partial charge >= 0.3 is 0 Å². The average Bonchev–Trinajstić information content (AvgIpc) is 2.84. The van der Waals surface area contributed by atoms with E-state index in [1.165, 1.54) is 5.69 Å². The summed E-state index contributed by atoms with van der Waals surface area (Å²) in [6.45, 7) is 6.87. The van der Waals surface area contributed by atoms with Crippen LogP contribution in [-0.2, 0) is 6.42 Å². The summed E-state index contributed by atoms with van der Waals surface area (Å²) in [5, 5.41) is 5.49. The summed E-state index contributed by atoms with van der Waals surface area (Å²) < 4.78 is 2.10. The molecule has 0 fully saturated rings. The largest absolute Gasteiger partial charge is 0.316 e. The van der Waals surface area contributed by atoms with Crippen LogP contribution in [0.4, 0.5) is 0 Å². The zero-order valence-corrected chi connectivity index (χ0v) is 11.8. The van der Waals surface area contributed by atoms with Gasteiger partial charge in [0.2, 0.25) is 0 Å². The lowest BCUT2D eigenvalue weighted by atomic mass is 9.88. The van der Waals surface area contributed by atoms with Gasteiger partial charge in [0.15, 0.2) is 4.96 Å². The van der Waals surface area contributed by atoms with Gasteiger partial charge in [0, 0.05) is 30.2 Å². The first-order valence-electron chi connectivity index (χ1n) is 6.20. The minimum absolute atomic E-state index is 0.500. The monoisotopic (exact) mass is 251 g/mol. The van der Waals surface area contributed by atoms with E-state index in [2.05, 4.69) is 53.2 Å². The maximum atomic E-state index is 4.64. The second-order valence-corrected chi connectivity index (χ2v) is 5.90. The van der Waals surface area contributed by atoms with Crippen molar-refractivity contribution < 1.29 is 0 Å². The van der Waals surface area contributed by atoms with Crippen LogP contribution in [0.1, 0.15) is 26.5 Å². The highest BCUT2D eigenvalue weighted by atomic mass is 32.1. The van der Waals surface area contributed by atoms with Crippen molar-refractivity contribution in [1.29, 1.82) is 0 Å². The molecule has 0 amide bonds. The van der Waals surface area contributed by atoms with Gasteiger partial charge in [-0.2, -0.15) is 0 Å². The summed E-state index contributed by atoms with van der Waals surface area (Å²) in [4.78, 5) is 5.73. The third-order valence-corrected chi connectivity index (χ3v) is 4.40. The Kier molecular flexibility index (Phi) is 3.84. The molecular weight excluding hydrogens is 230 g/mol. The summed E-state index contributed by atoms with van der Waals surface area (Å²) >= 11 is 1.69. The number of fused-ring (bicyclic) bond motifs is 1. The molecule has 2 heterocycles. The molecule has 0 aliphatic rings. The zero-order valence-electron chi connectivity index (χ0n) is 11.0. The van der Waals surface area contributed by atoms with Gasteiger partial charge in [-0.15, -0.1) is 11.3 Å². The number of rotatable bonds is 5. The molecular formula is C13H21N3S. The van der Waals surface area contributed by atoms with Gasteiger partial charge in [-0.1, -0.05) is 20.8 Å². The molecule has 2 atom stereocenters. The predicted octanol–water partition coefficient (Wildman–Crippen LogP) is 2.82. The SMILES string of the molecule is CNC(Cc1cn2ccsc2n1)C(C)C(C)C. The van der Waals surface area contributed by atoms with Gasteiger partial charge in [0.1, 0.15) is 0 Å². The summed E-state index contributed by atoms with van der Waals surface area (Å²) in [7, 11) is 2.04. The topological polar surface area (TPSA) is 29.3 Å². The lowest BCUT2D eigenvalue weighted by Crippen LogP contribution is -2.36. The fourth-order valence-electron chi connectivity index (χ4n) is 2.12. The third kappa shape index (κ3) is 2.69. The number of nitrogens with one attached hydrogen (secondary N) is 1. The van der Waals surface area contributed by atoms with Crippen molar-refractivity contribution in [3.63, 3.8) is 0 Å². The third-order valence-electron chi connectivity index (χ3n) is 3.63. The minimum atomic E-state index is 0.500. The Morgan fingerprint density at radius 3 is 2.76 bits per heavy atom. The van der Waals surface area contributed by atoms with E-state index in [4.69, 9.17) is 0 Å². The normalized spacial score (nSPS) is 15.6. The molecule has 0 radical (unpaired) electrons. The van der Waals surface area contributed by atoms with Crippen LogP contribution in [0.15, 0.2) is 17.8 Å². The molecule has 0 aliphatic heterocycles. The van der Waals surface area contributed by atoms with Gasteiger partial charge in [-0.05, 0) is 18.9 Å². The Morgan fingerprint density at radius 2 is 2.18 bits per heavy atom. The molecule has 94 valence electrons.